The van der Waals surface area contributed by atoms with Crippen LogP contribution in [0.2, 0.25) is 0 Å². The third kappa shape index (κ3) is 3.72. The minimum atomic E-state index is -0.936. The summed E-state index contributed by atoms with van der Waals surface area (Å²) in [6.45, 7) is 0. The van der Waals surface area contributed by atoms with Crippen LogP contribution in [-0.4, -0.2) is 17.0 Å². The Morgan fingerprint density at radius 1 is 1.53 bits per heavy atom. The van der Waals surface area contributed by atoms with Crippen LogP contribution in [0.3, 0.4) is 0 Å². The molecular weight excluding hydrogens is 219 g/mol. The molecule has 15 heavy (non-hydrogen) atoms. The second-order valence-corrected chi connectivity index (χ2v) is 3.29. The fourth-order valence-corrected chi connectivity index (χ4v) is 1.27. The Bertz CT molecular complexity index is 388. The predicted molar refractivity (Wildman–Crippen MR) is 57.5 cm³/mol. The number of rotatable bonds is 4. The first-order chi connectivity index (χ1) is 7.13. The van der Waals surface area contributed by atoms with Crippen LogP contribution in [0.4, 0.5) is 4.39 Å². The van der Waals surface area contributed by atoms with Crippen LogP contribution in [-0.2, 0) is 11.2 Å². The molecular formula is C11H10ClFO2. The monoisotopic (exact) mass is 228 g/mol. The van der Waals surface area contributed by atoms with E-state index in [0.717, 1.165) is 0 Å². The molecule has 0 aromatic heterocycles. The quantitative estimate of drug-likeness (QED) is 0.805. The molecule has 0 saturated heterocycles. The van der Waals surface area contributed by atoms with Crippen molar-refractivity contribution in [3.8, 4) is 0 Å². The summed E-state index contributed by atoms with van der Waals surface area (Å²) in [7, 11) is 0. The molecule has 1 aromatic carbocycles. The molecule has 1 rings (SSSR count). The fraction of sp³-hybridized carbons (Fsp3) is 0.182. The molecule has 0 bridgehead atoms. The van der Waals surface area contributed by atoms with Crippen molar-refractivity contribution in [1.82, 2.24) is 0 Å². The Labute approximate surface area is 92.0 Å². The summed E-state index contributed by atoms with van der Waals surface area (Å²) in [5.74, 6) is -1.03. The van der Waals surface area contributed by atoms with Gasteiger partial charge < -0.3 is 5.11 Å². The van der Waals surface area contributed by atoms with E-state index in [-0.39, 0.29) is 12.2 Å². The zero-order valence-corrected chi connectivity index (χ0v) is 8.67. The average molecular weight is 229 g/mol. The van der Waals surface area contributed by atoms with E-state index in [1.807, 2.05) is 0 Å². The normalized spacial score (nSPS) is 10.8. The summed E-state index contributed by atoms with van der Waals surface area (Å²) >= 11 is 5.42. The Hall–Kier alpha value is -1.35. The number of halogens is 2. The molecule has 0 amide bonds. The molecule has 0 aliphatic rings. The Morgan fingerprint density at radius 3 is 2.87 bits per heavy atom. The summed E-state index contributed by atoms with van der Waals surface area (Å²) in [6, 6.07) is 4.22. The number of carboxylic acid groups (broad SMARTS) is 1. The summed E-state index contributed by atoms with van der Waals surface area (Å²) in [5.41, 5.74) is 0.924. The van der Waals surface area contributed by atoms with Crippen molar-refractivity contribution in [2.75, 3.05) is 5.88 Å². The smallest absolute Gasteiger partial charge is 0.307 e. The van der Waals surface area contributed by atoms with Crippen molar-refractivity contribution in [2.24, 2.45) is 0 Å². The first kappa shape index (κ1) is 11.7. The molecule has 4 heteroatoms. The number of benzene rings is 1. The SMILES string of the molecule is O=C(O)Cc1ccc(F)c(C=CCCl)c1. The largest absolute Gasteiger partial charge is 0.481 e. The molecule has 80 valence electrons. The van der Waals surface area contributed by atoms with Crippen LogP contribution in [0, 0.1) is 5.82 Å². The van der Waals surface area contributed by atoms with E-state index in [0.29, 0.717) is 17.0 Å². The summed E-state index contributed by atoms with van der Waals surface area (Å²) in [5, 5.41) is 8.57. The van der Waals surface area contributed by atoms with Gasteiger partial charge in [0.1, 0.15) is 5.82 Å². The van der Waals surface area contributed by atoms with Crippen LogP contribution in [0.15, 0.2) is 24.3 Å². The number of allylic oxidation sites excluding steroid dienone is 1. The third-order valence-corrected chi connectivity index (χ3v) is 1.98. The van der Waals surface area contributed by atoms with E-state index >= 15 is 0 Å². The van der Waals surface area contributed by atoms with Crippen molar-refractivity contribution in [3.05, 3.63) is 41.2 Å². The molecule has 0 aliphatic carbocycles. The van der Waals surface area contributed by atoms with E-state index in [1.165, 1.54) is 24.3 Å². The zero-order chi connectivity index (χ0) is 11.3. The lowest BCUT2D eigenvalue weighted by molar-refractivity contribution is -0.136. The fourth-order valence-electron chi connectivity index (χ4n) is 1.18. The van der Waals surface area contributed by atoms with Crippen molar-refractivity contribution in [1.29, 1.82) is 0 Å². The van der Waals surface area contributed by atoms with Crippen molar-refractivity contribution in [2.45, 2.75) is 6.42 Å². The van der Waals surface area contributed by atoms with Gasteiger partial charge >= 0.3 is 5.97 Å². The maximum Gasteiger partial charge on any atom is 0.307 e. The molecule has 0 atom stereocenters. The first-order valence-electron chi connectivity index (χ1n) is 4.36. The van der Waals surface area contributed by atoms with Crippen LogP contribution in [0.1, 0.15) is 11.1 Å². The van der Waals surface area contributed by atoms with Crippen LogP contribution >= 0.6 is 11.6 Å². The lowest BCUT2D eigenvalue weighted by atomic mass is 10.1. The van der Waals surface area contributed by atoms with E-state index in [4.69, 9.17) is 16.7 Å². The zero-order valence-electron chi connectivity index (χ0n) is 7.91. The number of hydrogen-bond donors (Lipinski definition) is 1. The van der Waals surface area contributed by atoms with E-state index in [9.17, 15) is 9.18 Å². The van der Waals surface area contributed by atoms with E-state index in [1.54, 1.807) is 6.08 Å². The van der Waals surface area contributed by atoms with Crippen LogP contribution in [0.5, 0.6) is 0 Å². The van der Waals surface area contributed by atoms with Gasteiger partial charge in [-0.15, -0.1) is 11.6 Å². The van der Waals surface area contributed by atoms with E-state index in [2.05, 4.69) is 0 Å². The Morgan fingerprint density at radius 2 is 2.27 bits per heavy atom. The van der Waals surface area contributed by atoms with Crippen LogP contribution in [0.25, 0.3) is 6.08 Å². The van der Waals surface area contributed by atoms with Crippen LogP contribution < -0.4 is 0 Å². The minimum Gasteiger partial charge on any atom is -0.481 e. The van der Waals surface area contributed by atoms with Crippen molar-refractivity contribution < 1.29 is 14.3 Å². The molecule has 2 nitrogen and oxygen atoms in total. The first-order valence-corrected chi connectivity index (χ1v) is 4.89. The third-order valence-electron chi connectivity index (χ3n) is 1.80. The molecule has 0 fully saturated rings. The number of carboxylic acids is 1. The highest BCUT2D eigenvalue weighted by atomic mass is 35.5. The number of aliphatic carboxylic acids is 1. The van der Waals surface area contributed by atoms with Gasteiger partial charge in [0.05, 0.1) is 6.42 Å². The van der Waals surface area contributed by atoms with Crippen molar-refractivity contribution >= 4 is 23.6 Å². The minimum absolute atomic E-state index is 0.109. The number of carbonyl (C=O) groups is 1. The van der Waals surface area contributed by atoms with Crippen molar-refractivity contribution in [3.63, 3.8) is 0 Å². The molecule has 0 radical (unpaired) electrons. The molecule has 0 heterocycles. The van der Waals surface area contributed by atoms with E-state index < -0.39 is 5.97 Å². The highest BCUT2D eigenvalue weighted by molar-refractivity contribution is 6.19. The lowest BCUT2D eigenvalue weighted by Crippen LogP contribution is -2.00. The number of alkyl halides is 1. The Kier molecular flexibility index (Phi) is 4.31. The summed E-state index contributed by atoms with van der Waals surface area (Å²) < 4.78 is 13.2. The highest BCUT2D eigenvalue weighted by Crippen LogP contribution is 2.13. The molecule has 0 saturated carbocycles. The molecule has 1 aromatic rings. The number of hydrogen-bond acceptors (Lipinski definition) is 1. The molecule has 1 N–H and O–H groups in total. The van der Waals surface area contributed by atoms with Gasteiger partial charge in [-0.1, -0.05) is 18.2 Å². The van der Waals surface area contributed by atoms with Gasteiger partial charge in [-0.2, -0.15) is 0 Å². The molecule has 0 spiro atoms. The second-order valence-electron chi connectivity index (χ2n) is 2.98. The maximum atomic E-state index is 13.2. The lowest BCUT2D eigenvalue weighted by Gasteiger charge is -2.01. The Balaban J connectivity index is 2.94. The van der Waals surface area contributed by atoms with Gasteiger partial charge in [-0.3, -0.25) is 4.79 Å². The second kappa shape index (κ2) is 5.51. The highest BCUT2D eigenvalue weighted by Gasteiger charge is 2.04. The van der Waals surface area contributed by atoms with Gasteiger partial charge in [0.25, 0.3) is 0 Å². The molecule has 0 aliphatic heterocycles. The molecule has 0 unspecified atom stereocenters. The van der Waals surface area contributed by atoms with Gasteiger partial charge in [-0.05, 0) is 17.7 Å². The van der Waals surface area contributed by atoms with Gasteiger partial charge in [0.15, 0.2) is 0 Å². The van der Waals surface area contributed by atoms with Gasteiger partial charge in [-0.25, -0.2) is 4.39 Å². The summed E-state index contributed by atoms with van der Waals surface area (Å²) in [6.07, 6.45) is 3.03. The topological polar surface area (TPSA) is 37.3 Å². The van der Waals surface area contributed by atoms with Gasteiger partial charge in [0, 0.05) is 11.4 Å². The van der Waals surface area contributed by atoms with Gasteiger partial charge in [0.2, 0.25) is 0 Å². The summed E-state index contributed by atoms with van der Waals surface area (Å²) in [4.78, 5) is 10.4. The standard InChI is InChI=1S/C11H10ClFO2/c12-5-1-2-9-6-8(7-11(14)15)3-4-10(9)13/h1-4,6H,5,7H2,(H,14,15). The maximum absolute atomic E-state index is 13.2. The average Bonchev–Trinajstić information content (AvgIpc) is 2.18. The predicted octanol–water partition coefficient (Wildman–Crippen LogP) is 2.70.